The van der Waals surface area contributed by atoms with Gasteiger partial charge in [0.2, 0.25) is 0 Å². The van der Waals surface area contributed by atoms with E-state index in [1.165, 1.54) is 0 Å². The Kier molecular flexibility index (Phi) is 3.40. The third-order valence-corrected chi connectivity index (χ3v) is 5.22. The zero-order valence-electron chi connectivity index (χ0n) is 9.54. The van der Waals surface area contributed by atoms with Gasteiger partial charge in [-0.15, -0.1) is 0 Å². The van der Waals surface area contributed by atoms with Crippen LogP contribution in [0.5, 0.6) is 5.75 Å². The van der Waals surface area contributed by atoms with Crippen molar-refractivity contribution in [3.05, 3.63) is 29.8 Å². The molecule has 1 aromatic rings. The molecule has 0 aliphatic carbocycles. The molecule has 1 heterocycles. The second-order valence-corrected chi connectivity index (χ2v) is 6.79. The van der Waals surface area contributed by atoms with Crippen molar-refractivity contribution in [2.45, 2.75) is 12.3 Å². The largest absolute Gasteiger partial charge is 0.508 e. The number of benzene rings is 1. The Balaban J connectivity index is 2.26. The van der Waals surface area contributed by atoms with E-state index in [0.717, 1.165) is 5.56 Å². The summed E-state index contributed by atoms with van der Waals surface area (Å²) in [6, 6.07) is 7.01. The first kappa shape index (κ1) is 12.4. The lowest BCUT2D eigenvalue weighted by Gasteiger charge is -2.22. The molecule has 0 bridgehead atoms. The second kappa shape index (κ2) is 4.66. The summed E-state index contributed by atoms with van der Waals surface area (Å²) < 4.78 is 22.9. The Bertz CT molecular complexity index is 498. The van der Waals surface area contributed by atoms with E-state index in [2.05, 4.69) is 0 Å². The fourth-order valence-corrected chi connectivity index (χ4v) is 4.40. The molecule has 3 N–H and O–H groups in total. The Hall–Kier alpha value is -1.07. The molecule has 5 heteroatoms. The van der Waals surface area contributed by atoms with Crippen LogP contribution < -0.4 is 5.73 Å². The van der Waals surface area contributed by atoms with Crippen LogP contribution in [0, 0.1) is 5.92 Å². The number of phenols is 1. The molecule has 2 unspecified atom stereocenters. The predicted octanol–water partition coefficient (Wildman–Crippen LogP) is 0.869. The molecular formula is C12H17NO3S. The molecule has 0 aromatic heterocycles. The van der Waals surface area contributed by atoms with E-state index in [1.807, 2.05) is 12.1 Å². The molecule has 4 nitrogen and oxygen atoms in total. The number of para-hydroxylation sites is 1. The third-order valence-electron chi connectivity index (χ3n) is 3.43. The van der Waals surface area contributed by atoms with Crippen LogP contribution in [0.3, 0.4) is 0 Å². The molecule has 2 atom stereocenters. The molecule has 1 aliphatic heterocycles. The molecule has 94 valence electrons. The molecular weight excluding hydrogens is 238 g/mol. The van der Waals surface area contributed by atoms with Crippen LogP contribution in [0.15, 0.2) is 24.3 Å². The van der Waals surface area contributed by atoms with Gasteiger partial charge in [0.05, 0.1) is 11.5 Å². The van der Waals surface area contributed by atoms with Gasteiger partial charge in [-0.3, -0.25) is 0 Å². The summed E-state index contributed by atoms with van der Waals surface area (Å²) in [6.07, 6.45) is 0.637. The van der Waals surface area contributed by atoms with E-state index in [0.29, 0.717) is 13.0 Å². The third kappa shape index (κ3) is 2.61. The Morgan fingerprint density at radius 1 is 1.41 bits per heavy atom. The quantitative estimate of drug-likeness (QED) is 0.839. The summed E-state index contributed by atoms with van der Waals surface area (Å²) in [5, 5.41) is 9.80. The first-order chi connectivity index (χ1) is 8.03. The number of sulfone groups is 1. The number of hydrogen-bond donors (Lipinski definition) is 2. The van der Waals surface area contributed by atoms with Crippen LogP contribution in [0.25, 0.3) is 0 Å². The highest BCUT2D eigenvalue weighted by Gasteiger charge is 2.34. The Morgan fingerprint density at radius 2 is 2.12 bits per heavy atom. The maximum Gasteiger partial charge on any atom is 0.150 e. The van der Waals surface area contributed by atoms with Crippen LogP contribution >= 0.6 is 0 Å². The summed E-state index contributed by atoms with van der Waals surface area (Å²) in [4.78, 5) is 0. The Morgan fingerprint density at radius 3 is 2.65 bits per heavy atom. The standard InChI is InChI=1S/C12H17NO3S/c13-7-11(9-5-6-17(15,16)8-9)10-3-1-2-4-12(10)14/h1-4,9,11,14H,5-8,13H2. The van der Waals surface area contributed by atoms with Crippen molar-refractivity contribution in [3.63, 3.8) is 0 Å². The van der Waals surface area contributed by atoms with E-state index >= 15 is 0 Å². The van der Waals surface area contributed by atoms with Gasteiger partial charge in [0, 0.05) is 5.92 Å². The number of nitrogens with two attached hydrogens (primary N) is 1. The first-order valence-corrected chi connectivity index (χ1v) is 7.54. The van der Waals surface area contributed by atoms with Gasteiger partial charge in [-0.05, 0) is 30.5 Å². The smallest absolute Gasteiger partial charge is 0.150 e. The van der Waals surface area contributed by atoms with Gasteiger partial charge in [0.1, 0.15) is 5.75 Å². The van der Waals surface area contributed by atoms with Crippen molar-refractivity contribution in [1.29, 1.82) is 0 Å². The molecule has 0 saturated carbocycles. The zero-order chi connectivity index (χ0) is 12.5. The van der Waals surface area contributed by atoms with Crippen LogP contribution in [0.4, 0.5) is 0 Å². The maximum atomic E-state index is 11.5. The fourth-order valence-electron chi connectivity index (χ4n) is 2.52. The molecule has 0 radical (unpaired) electrons. The van der Waals surface area contributed by atoms with Crippen molar-refractivity contribution >= 4 is 9.84 Å². The van der Waals surface area contributed by atoms with E-state index < -0.39 is 9.84 Å². The van der Waals surface area contributed by atoms with E-state index in [-0.39, 0.29) is 29.1 Å². The minimum Gasteiger partial charge on any atom is -0.508 e. The predicted molar refractivity (Wildman–Crippen MR) is 66.7 cm³/mol. The van der Waals surface area contributed by atoms with Gasteiger partial charge in [0.15, 0.2) is 9.84 Å². The van der Waals surface area contributed by atoms with Gasteiger partial charge >= 0.3 is 0 Å². The lowest BCUT2D eigenvalue weighted by molar-refractivity contribution is 0.427. The zero-order valence-corrected chi connectivity index (χ0v) is 10.4. The van der Waals surface area contributed by atoms with Crippen LogP contribution in [-0.4, -0.2) is 31.6 Å². The first-order valence-electron chi connectivity index (χ1n) is 5.72. The topological polar surface area (TPSA) is 80.4 Å². The number of hydrogen-bond acceptors (Lipinski definition) is 4. The number of aromatic hydroxyl groups is 1. The molecule has 1 aliphatic rings. The van der Waals surface area contributed by atoms with E-state index in [1.54, 1.807) is 12.1 Å². The summed E-state index contributed by atoms with van der Waals surface area (Å²) in [5.74, 6) is 0.573. The van der Waals surface area contributed by atoms with Gasteiger partial charge in [-0.25, -0.2) is 8.42 Å². The van der Waals surface area contributed by atoms with Crippen molar-refractivity contribution in [3.8, 4) is 5.75 Å². The van der Waals surface area contributed by atoms with E-state index in [9.17, 15) is 13.5 Å². The normalized spacial score (nSPS) is 24.6. The Labute approximate surface area is 101 Å². The average molecular weight is 255 g/mol. The molecule has 1 saturated heterocycles. The van der Waals surface area contributed by atoms with Crippen molar-refractivity contribution in [2.24, 2.45) is 11.7 Å². The summed E-state index contributed by atoms with van der Waals surface area (Å²) in [5.41, 5.74) is 6.50. The highest BCUT2D eigenvalue weighted by atomic mass is 32.2. The van der Waals surface area contributed by atoms with Gasteiger partial charge in [0.25, 0.3) is 0 Å². The molecule has 0 spiro atoms. The van der Waals surface area contributed by atoms with Crippen LogP contribution in [-0.2, 0) is 9.84 Å². The van der Waals surface area contributed by atoms with E-state index in [4.69, 9.17) is 5.73 Å². The maximum absolute atomic E-state index is 11.5. The second-order valence-electron chi connectivity index (χ2n) is 4.56. The van der Waals surface area contributed by atoms with Gasteiger partial charge in [-0.1, -0.05) is 18.2 Å². The minimum atomic E-state index is -2.91. The van der Waals surface area contributed by atoms with Crippen molar-refractivity contribution in [1.82, 2.24) is 0 Å². The monoisotopic (exact) mass is 255 g/mol. The molecule has 1 aromatic carbocycles. The minimum absolute atomic E-state index is 0.0262. The molecule has 17 heavy (non-hydrogen) atoms. The number of rotatable bonds is 3. The van der Waals surface area contributed by atoms with Crippen LogP contribution in [0.1, 0.15) is 17.9 Å². The SMILES string of the molecule is NCC(c1ccccc1O)C1CCS(=O)(=O)C1. The van der Waals surface area contributed by atoms with Crippen molar-refractivity contribution in [2.75, 3.05) is 18.1 Å². The summed E-state index contributed by atoms with van der Waals surface area (Å²) >= 11 is 0. The molecule has 1 fully saturated rings. The lowest BCUT2D eigenvalue weighted by atomic mass is 9.85. The lowest BCUT2D eigenvalue weighted by Crippen LogP contribution is -2.22. The fraction of sp³-hybridized carbons (Fsp3) is 0.500. The summed E-state index contributed by atoms with van der Waals surface area (Å²) in [6.45, 7) is 0.359. The van der Waals surface area contributed by atoms with Crippen molar-refractivity contribution < 1.29 is 13.5 Å². The highest BCUT2D eigenvalue weighted by molar-refractivity contribution is 7.91. The highest BCUT2D eigenvalue weighted by Crippen LogP contribution is 2.36. The van der Waals surface area contributed by atoms with Gasteiger partial charge < -0.3 is 10.8 Å². The average Bonchev–Trinajstić information content (AvgIpc) is 2.63. The molecule has 2 rings (SSSR count). The number of phenolic OH excluding ortho intramolecular Hbond substituents is 1. The molecule has 0 amide bonds. The summed E-state index contributed by atoms with van der Waals surface area (Å²) in [7, 11) is -2.91. The van der Waals surface area contributed by atoms with Crippen LogP contribution in [0.2, 0.25) is 0 Å². The van der Waals surface area contributed by atoms with Gasteiger partial charge in [-0.2, -0.15) is 0 Å².